The molecular weight excluding hydrogens is 188 g/mol. The Balaban J connectivity index is 2.89. The topological polar surface area (TPSA) is 165 Å². The molecule has 0 saturated carbocycles. The van der Waals surface area contributed by atoms with Gasteiger partial charge >= 0.3 is 0 Å². The lowest BCUT2D eigenvalue weighted by atomic mass is 9.91. The van der Waals surface area contributed by atoms with E-state index in [1.165, 1.54) is 0 Å². The van der Waals surface area contributed by atoms with Crippen molar-refractivity contribution < 1.29 is 9.48 Å². The van der Waals surface area contributed by atoms with Crippen LogP contribution in [0.15, 0.2) is 0 Å². The third-order valence-electron chi connectivity index (χ3n) is 2.38. The molecule has 0 aromatic rings. The maximum atomic E-state index is 10.9. The quantitative estimate of drug-likeness (QED) is 0.0956. The summed E-state index contributed by atoms with van der Waals surface area (Å²) < 4.78 is 5.31. The molecule has 8 nitrogen and oxygen atoms in total. The molecule has 14 heavy (non-hydrogen) atoms. The van der Waals surface area contributed by atoms with Gasteiger partial charge in [0.15, 0.2) is 0 Å². The van der Waals surface area contributed by atoms with Crippen LogP contribution in [0.1, 0.15) is 0 Å². The molecule has 10 N–H and O–H groups in total. The van der Waals surface area contributed by atoms with Crippen LogP contribution in [-0.2, 0) is 4.74 Å². The second-order valence-electron chi connectivity index (χ2n) is 3.47. The summed E-state index contributed by atoms with van der Waals surface area (Å²) in [5, 5.41) is 10.9. The molecule has 1 aliphatic rings. The molecule has 1 rings (SSSR count). The lowest BCUT2D eigenvalue weighted by molar-refractivity contribution is -0.566. The Morgan fingerprint density at radius 2 is 1.79 bits per heavy atom. The first-order valence-electron chi connectivity index (χ1n) is 4.05. The highest BCUT2D eigenvalue weighted by Crippen LogP contribution is 2.19. The average Bonchev–Trinajstić information content (AvgIpc) is 2.08. The van der Waals surface area contributed by atoms with Gasteiger partial charge in [0.2, 0.25) is 0 Å². The summed E-state index contributed by atoms with van der Waals surface area (Å²) >= 11 is 0. The van der Waals surface area contributed by atoms with Crippen molar-refractivity contribution in [1.82, 2.24) is 0 Å². The molecule has 0 aromatic carbocycles. The van der Waals surface area contributed by atoms with Crippen molar-refractivity contribution in [2.75, 3.05) is 0 Å². The second kappa shape index (κ2) is 3.42. The third-order valence-corrected chi connectivity index (χ3v) is 2.38. The summed E-state index contributed by atoms with van der Waals surface area (Å²) in [7, 11) is 0. The molecule has 1 unspecified atom stereocenters. The fraction of sp³-hybridized carbons (Fsp3) is 0.833. The van der Waals surface area contributed by atoms with Crippen molar-refractivity contribution in [2.45, 2.75) is 30.2 Å². The van der Waals surface area contributed by atoms with Gasteiger partial charge in [-0.3, -0.25) is 4.74 Å². The normalized spacial score (nSPS) is 42.1. The van der Waals surface area contributed by atoms with Crippen molar-refractivity contribution >= 4 is 6.72 Å². The van der Waals surface area contributed by atoms with Crippen LogP contribution in [0, 0.1) is 5.21 Å². The maximum Gasteiger partial charge on any atom is 0.285 e. The van der Waals surface area contributed by atoms with Gasteiger partial charge in [0.25, 0.3) is 6.23 Å². The molecule has 0 amide bonds. The Kier molecular flexibility index (Phi) is 2.76. The van der Waals surface area contributed by atoms with Crippen molar-refractivity contribution in [3.8, 4) is 0 Å². The van der Waals surface area contributed by atoms with Gasteiger partial charge in [-0.1, -0.05) is 0 Å². The van der Waals surface area contributed by atoms with E-state index in [1.807, 2.05) is 0 Å². The molecule has 0 spiro atoms. The Morgan fingerprint density at radius 3 is 2.21 bits per heavy atom. The minimum absolute atomic E-state index is 0.291. The number of nitrogens with two attached hydrogens (primary N) is 5. The molecular formula is C6H16N6O2. The predicted octanol–water partition coefficient (Wildman–Crippen LogP) is -3.89. The molecule has 1 fully saturated rings. The van der Waals surface area contributed by atoms with Gasteiger partial charge in [0, 0.05) is 0 Å². The summed E-state index contributed by atoms with van der Waals surface area (Å²) in [6.45, 7) is 3.11. The van der Waals surface area contributed by atoms with E-state index in [1.54, 1.807) is 0 Å². The van der Waals surface area contributed by atoms with E-state index in [9.17, 15) is 5.21 Å². The number of hydroxylamine groups is 1. The highest BCUT2D eigenvalue weighted by molar-refractivity contribution is 5.15. The zero-order valence-corrected chi connectivity index (χ0v) is 7.67. The number of nitrogens with zero attached hydrogens (tertiary/aromatic N) is 1. The number of hydrogen-bond donors (Lipinski definition) is 5. The lowest BCUT2D eigenvalue weighted by Crippen LogP contribution is -2.82. The van der Waals surface area contributed by atoms with Crippen LogP contribution in [0.5, 0.6) is 0 Å². The van der Waals surface area contributed by atoms with Crippen LogP contribution in [0.25, 0.3) is 0 Å². The highest BCUT2D eigenvalue weighted by Gasteiger charge is 2.50. The fourth-order valence-electron chi connectivity index (χ4n) is 1.32. The molecule has 1 saturated heterocycles. The van der Waals surface area contributed by atoms with Gasteiger partial charge in [-0.05, 0) is 0 Å². The van der Waals surface area contributed by atoms with Gasteiger partial charge in [-0.25, -0.2) is 0 Å². The van der Waals surface area contributed by atoms with Crippen LogP contribution in [0.3, 0.4) is 0 Å². The van der Waals surface area contributed by atoms with E-state index in [0.29, 0.717) is 4.74 Å². The van der Waals surface area contributed by atoms with E-state index >= 15 is 0 Å². The predicted molar refractivity (Wildman–Crippen MR) is 50.7 cm³/mol. The van der Waals surface area contributed by atoms with Gasteiger partial charge in [-0.2, -0.15) is 4.74 Å². The van der Waals surface area contributed by atoms with Crippen LogP contribution in [0.2, 0.25) is 0 Å². The molecule has 1 heterocycles. The SMILES string of the molecule is C=[N+]([O-])C1O[C@@H](N)C(N)(N)[C@H](N)[C@H]1N. The van der Waals surface area contributed by atoms with Gasteiger partial charge in [-0.15, -0.1) is 0 Å². The maximum absolute atomic E-state index is 10.9. The van der Waals surface area contributed by atoms with Gasteiger partial charge < -0.3 is 33.9 Å². The van der Waals surface area contributed by atoms with Gasteiger partial charge in [0.1, 0.15) is 24.7 Å². The zero-order valence-electron chi connectivity index (χ0n) is 7.67. The van der Waals surface area contributed by atoms with E-state index < -0.39 is 30.2 Å². The first-order chi connectivity index (χ1) is 6.28. The number of ether oxygens (including phenoxy) is 1. The first kappa shape index (κ1) is 11.3. The molecule has 82 valence electrons. The Morgan fingerprint density at radius 1 is 1.29 bits per heavy atom. The summed E-state index contributed by atoms with van der Waals surface area (Å²) in [5.74, 6) is 0. The smallest absolute Gasteiger partial charge is 0.285 e. The van der Waals surface area contributed by atoms with Crippen molar-refractivity contribution in [3.05, 3.63) is 5.21 Å². The summed E-state index contributed by atoms with van der Waals surface area (Å²) in [4.78, 5) is 0. The number of hydrogen-bond acceptors (Lipinski definition) is 7. The minimum Gasteiger partial charge on any atom is -0.622 e. The minimum atomic E-state index is -1.45. The van der Waals surface area contributed by atoms with E-state index in [-0.39, 0.29) is 0 Å². The molecule has 0 aliphatic carbocycles. The van der Waals surface area contributed by atoms with Crippen LogP contribution in [-0.4, -0.2) is 41.7 Å². The molecule has 0 aromatic heterocycles. The Bertz CT molecular complexity index is 244. The highest BCUT2D eigenvalue weighted by atomic mass is 16.6. The summed E-state index contributed by atoms with van der Waals surface area (Å²) in [5.41, 5.74) is 26.5. The molecule has 0 bridgehead atoms. The fourth-order valence-corrected chi connectivity index (χ4v) is 1.32. The Hall–Kier alpha value is -0.770. The lowest BCUT2D eigenvalue weighted by Gasteiger charge is -2.45. The van der Waals surface area contributed by atoms with E-state index in [0.717, 1.165) is 0 Å². The van der Waals surface area contributed by atoms with Crippen molar-refractivity contribution in [3.63, 3.8) is 0 Å². The Labute approximate surface area is 81.2 Å². The summed E-state index contributed by atoms with van der Waals surface area (Å²) in [6, 6.07) is -1.67. The van der Waals surface area contributed by atoms with Crippen LogP contribution in [0.4, 0.5) is 0 Å². The zero-order chi connectivity index (χ0) is 11.1. The summed E-state index contributed by atoms with van der Waals surface area (Å²) in [6.07, 6.45) is -2.08. The van der Waals surface area contributed by atoms with Crippen molar-refractivity contribution in [1.29, 1.82) is 0 Å². The van der Waals surface area contributed by atoms with Gasteiger partial charge in [0.05, 0.1) is 6.04 Å². The van der Waals surface area contributed by atoms with Crippen LogP contribution >= 0.6 is 0 Å². The monoisotopic (exact) mass is 204 g/mol. The third kappa shape index (κ3) is 1.59. The van der Waals surface area contributed by atoms with Crippen molar-refractivity contribution in [2.24, 2.45) is 28.7 Å². The molecule has 8 heteroatoms. The van der Waals surface area contributed by atoms with E-state index in [2.05, 4.69) is 6.72 Å². The average molecular weight is 204 g/mol. The van der Waals surface area contributed by atoms with Crippen LogP contribution < -0.4 is 28.7 Å². The molecule has 4 atom stereocenters. The molecule has 1 aliphatic heterocycles. The largest absolute Gasteiger partial charge is 0.622 e. The standard InChI is InChI=1S/C6H16N6O2/c1-12(13)4-2(7)3(8)6(10,11)5(9)14-4/h2-5H,1,7-11H2/t2-,3-,4?,5-/m1/s1. The first-order valence-corrected chi connectivity index (χ1v) is 4.05. The number of rotatable bonds is 1. The van der Waals surface area contributed by atoms with E-state index in [4.69, 9.17) is 33.4 Å². The molecule has 0 radical (unpaired) electrons. The second-order valence-corrected chi connectivity index (χ2v) is 3.47.